The molecule has 9 heteroatoms. The Morgan fingerprint density at radius 3 is 2.62 bits per heavy atom. The van der Waals surface area contributed by atoms with E-state index in [1.54, 1.807) is 22.0 Å². The van der Waals surface area contributed by atoms with Crippen molar-refractivity contribution in [2.75, 3.05) is 11.1 Å². The summed E-state index contributed by atoms with van der Waals surface area (Å²) in [4.78, 5) is 34.3. The maximum absolute atomic E-state index is 13.4. The average molecular weight is 511 g/mol. The number of allylic oxidation sites excluding steroid dienone is 1. The van der Waals surface area contributed by atoms with E-state index in [-0.39, 0.29) is 17.2 Å². The minimum absolute atomic E-state index is 0.0408. The first kappa shape index (κ1) is 23.3. The van der Waals surface area contributed by atoms with Gasteiger partial charge in [0.25, 0.3) is 5.56 Å². The van der Waals surface area contributed by atoms with E-state index in [9.17, 15) is 14.9 Å². The molecule has 2 aliphatic carbocycles. The highest BCUT2D eigenvalue weighted by atomic mass is 32.2. The second-order valence-corrected chi connectivity index (χ2v) is 11.8. The lowest BCUT2D eigenvalue weighted by molar-refractivity contribution is -0.113. The molecule has 1 amide bonds. The summed E-state index contributed by atoms with van der Waals surface area (Å²) in [5.41, 5.74) is 2.85. The van der Waals surface area contributed by atoms with Gasteiger partial charge in [-0.25, -0.2) is 4.98 Å². The van der Waals surface area contributed by atoms with Gasteiger partial charge in [-0.2, -0.15) is 5.26 Å². The molecule has 0 aromatic carbocycles. The van der Waals surface area contributed by atoms with E-state index >= 15 is 0 Å². The zero-order valence-electron chi connectivity index (χ0n) is 18.9. The number of nitrogens with one attached hydrogen (secondary N) is 1. The van der Waals surface area contributed by atoms with Crippen LogP contribution in [0.25, 0.3) is 10.2 Å². The van der Waals surface area contributed by atoms with E-state index in [1.807, 2.05) is 0 Å². The highest BCUT2D eigenvalue weighted by molar-refractivity contribution is 7.99. The Labute approximate surface area is 210 Å². The molecule has 0 atom stereocenters. The fourth-order valence-electron chi connectivity index (χ4n) is 4.86. The van der Waals surface area contributed by atoms with Crippen LogP contribution in [0.1, 0.15) is 58.5 Å². The van der Waals surface area contributed by atoms with E-state index in [4.69, 9.17) is 4.98 Å². The lowest BCUT2D eigenvalue weighted by Crippen LogP contribution is -2.24. The number of rotatable bonds is 6. The van der Waals surface area contributed by atoms with Crippen molar-refractivity contribution in [2.24, 2.45) is 0 Å². The number of thioether (sulfide) groups is 1. The number of carbonyl (C=O) groups is 1. The Bertz CT molecular complexity index is 1380. The topological polar surface area (TPSA) is 87.8 Å². The molecular formula is C25H26N4O2S3. The first-order chi connectivity index (χ1) is 16.6. The van der Waals surface area contributed by atoms with Gasteiger partial charge >= 0.3 is 0 Å². The van der Waals surface area contributed by atoms with Gasteiger partial charge < -0.3 is 5.32 Å². The molecule has 0 saturated carbocycles. The first-order valence-electron chi connectivity index (χ1n) is 11.7. The molecule has 5 rings (SSSR count). The molecule has 0 saturated heterocycles. The monoisotopic (exact) mass is 510 g/mol. The Kier molecular flexibility index (Phi) is 6.91. The van der Waals surface area contributed by atoms with Gasteiger partial charge in [0.15, 0.2) is 5.16 Å². The number of anilines is 1. The molecule has 1 N–H and O–H groups in total. The Hall–Kier alpha value is -2.41. The number of nitriles is 1. The number of carbonyl (C=O) groups excluding carboxylic acids is 1. The quantitative estimate of drug-likeness (QED) is 0.206. The Morgan fingerprint density at radius 1 is 1.12 bits per heavy atom. The van der Waals surface area contributed by atoms with Gasteiger partial charge in [0, 0.05) is 16.3 Å². The number of aryl methyl sites for hydroxylation is 3. The van der Waals surface area contributed by atoms with E-state index in [0.717, 1.165) is 72.7 Å². The van der Waals surface area contributed by atoms with Crippen LogP contribution in [-0.4, -0.2) is 21.2 Å². The number of nitrogens with zero attached hydrogens (tertiary/aromatic N) is 3. The largest absolute Gasteiger partial charge is 0.316 e. The molecule has 2 aliphatic rings. The van der Waals surface area contributed by atoms with Crippen LogP contribution in [0.15, 0.2) is 22.6 Å². The summed E-state index contributed by atoms with van der Waals surface area (Å²) < 4.78 is 1.63. The van der Waals surface area contributed by atoms with Gasteiger partial charge in [-0.05, 0) is 62.5 Å². The van der Waals surface area contributed by atoms with Gasteiger partial charge in [-0.3, -0.25) is 14.2 Å². The van der Waals surface area contributed by atoms with Crippen LogP contribution in [0, 0.1) is 11.3 Å². The summed E-state index contributed by atoms with van der Waals surface area (Å²) in [6, 6.07) is 2.31. The third-order valence-corrected chi connectivity index (χ3v) is 9.84. The number of aromatic nitrogens is 2. The van der Waals surface area contributed by atoms with Gasteiger partial charge in [0.2, 0.25) is 5.91 Å². The van der Waals surface area contributed by atoms with E-state index in [0.29, 0.717) is 22.3 Å². The van der Waals surface area contributed by atoms with E-state index in [1.165, 1.54) is 39.3 Å². The highest BCUT2D eigenvalue weighted by Gasteiger charge is 2.24. The van der Waals surface area contributed by atoms with E-state index < -0.39 is 0 Å². The number of hydrogen-bond donors (Lipinski definition) is 1. The fourth-order valence-corrected chi connectivity index (χ4v) is 8.23. The van der Waals surface area contributed by atoms with Crippen molar-refractivity contribution >= 4 is 55.6 Å². The maximum Gasteiger partial charge on any atom is 0.263 e. The number of thiophene rings is 2. The minimum Gasteiger partial charge on any atom is -0.316 e. The summed E-state index contributed by atoms with van der Waals surface area (Å²) in [6.07, 6.45) is 11.2. The Morgan fingerprint density at radius 2 is 1.82 bits per heavy atom. The Balaban J connectivity index is 1.38. The molecule has 34 heavy (non-hydrogen) atoms. The molecule has 3 heterocycles. The molecule has 0 fully saturated rings. The van der Waals surface area contributed by atoms with Crippen molar-refractivity contribution in [1.82, 2.24) is 9.55 Å². The molecule has 0 unspecified atom stereocenters. The lowest BCUT2D eigenvalue weighted by Gasteiger charge is -2.12. The summed E-state index contributed by atoms with van der Waals surface area (Å²) in [7, 11) is 0. The number of fused-ring (bicyclic) bond motifs is 4. The molecule has 3 aromatic heterocycles. The van der Waals surface area contributed by atoms with Crippen molar-refractivity contribution in [3.05, 3.63) is 49.5 Å². The number of amides is 1. The predicted molar refractivity (Wildman–Crippen MR) is 140 cm³/mol. The smallest absolute Gasteiger partial charge is 0.263 e. The molecule has 0 spiro atoms. The molecular weight excluding hydrogens is 485 g/mol. The molecule has 0 radical (unpaired) electrons. The summed E-state index contributed by atoms with van der Waals surface area (Å²) >= 11 is 4.41. The highest BCUT2D eigenvalue weighted by Crippen LogP contribution is 2.37. The third-order valence-electron chi connectivity index (χ3n) is 6.47. The SMILES string of the molecule is C=CCn1c(SCC(=O)Nc2sc3c(c2C#N)CCCCC3)nc2sc3c(c2c1=O)CCCC3. The normalized spacial score (nSPS) is 15.3. The summed E-state index contributed by atoms with van der Waals surface area (Å²) in [5, 5.41) is 14.6. The minimum atomic E-state index is -0.192. The second-order valence-electron chi connectivity index (χ2n) is 8.71. The molecule has 0 aliphatic heterocycles. The van der Waals surface area contributed by atoms with Crippen molar-refractivity contribution < 1.29 is 4.79 Å². The zero-order chi connectivity index (χ0) is 23.7. The van der Waals surface area contributed by atoms with Crippen LogP contribution in [0.5, 0.6) is 0 Å². The average Bonchev–Trinajstić information content (AvgIpc) is 3.27. The van der Waals surface area contributed by atoms with Crippen LogP contribution in [-0.2, 0) is 37.0 Å². The van der Waals surface area contributed by atoms with Crippen molar-refractivity contribution in [3.8, 4) is 6.07 Å². The van der Waals surface area contributed by atoms with E-state index in [2.05, 4.69) is 18.0 Å². The zero-order valence-corrected chi connectivity index (χ0v) is 21.4. The predicted octanol–water partition coefficient (Wildman–Crippen LogP) is 5.46. The van der Waals surface area contributed by atoms with Crippen molar-refractivity contribution in [3.63, 3.8) is 0 Å². The maximum atomic E-state index is 13.4. The van der Waals surface area contributed by atoms with Crippen molar-refractivity contribution in [1.29, 1.82) is 5.26 Å². The summed E-state index contributed by atoms with van der Waals surface area (Å²) in [5.74, 6) is -0.0731. The van der Waals surface area contributed by atoms with Gasteiger partial charge in [0.1, 0.15) is 15.9 Å². The van der Waals surface area contributed by atoms with Crippen LogP contribution in [0.3, 0.4) is 0 Å². The van der Waals surface area contributed by atoms with Gasteiger partial charge in [0.05, 0.1) is 16.7 Å². The molecule has 176 valence electrons. The van der Waals surface area contributed by atoms with Gasteiger partial charge in [-0.1, -0.05) is 24.3 Å². The summed E-state index contributed by atoms with van der Waals surface area (Å²) in [6.45, 7) is 4.15. The first-order valence-corrected chi connectivity index (χ1v) is 14.4. The lowest BCUT2D eigenvalue weighted by atomic mass is 9.97. The molecule has 3 aromatic rings. The van der Waals surface area contributed by atoms with Crippen molar-refractivity contribution in [2.45, 2.75) is 69.5 Å². The standard InChI is InChI=1S/C25H26N4O2S3/c1-2-12-29-24(31)21-16-9-6-7-11-19(16)34-23(21)28-25(29)32-14-20(30)27-22-17(13-26)15-8-4-3-5-10-18(15)33-22/h2H,1,3-12,14H2,(H,27,30). The fraction of sp³-hybridized carbons (Fsp3) is 0.440. The molecule has 6 nitrogen and oxygen atoms in total. The third kappa shape index (κ3) is 4.35. The van der Waals surface area contributed by atoms with Gasteiger partial charge in [-0.15, -0.1) is 29.3 Å². The van der Waals surface area contributed by atoms with Crippen LogP contribution >= 0.6 is 34.4 Å². The van der Waals surface area contributed by atoms with Crippen LogP contribution in [0.2, 0.25) is 0 Å². The molecule has 0 bridgehead atoms. The second kappa shape index (κ2) is 10.1. The number of hydrogen-bond acceptors (Lipinski definition) is 7. The van der Waals surface area contributed by atoms with Crippen LogP contribution in [0.4, 0.5) is 5.00 Å². The van der Waals surface area contributed by atoms with Crippen LogP contribution < -0.4 is 10.9 Å².